The van der Waals surface area contributed by atoms with Gasteiger partial charge in [0.05, 0.1) is 24.6 Å². The lowest BCUT2D eigenvalue weighted by molar-refractivity contribution is -0.251. The van der Waals surface area contributed by atoms with E-state index in [1.165, 1.54) is 29.9 Å². The Labute approximate surface area is 316 Å². The molecule has 5 heterocycles. The van der Waals surface area contributed by atoms with Crippen LogP contribution in [0.1, 0.15) is 50.3 Å². The van der Waals surface area contributed by atoms with Crippen molar-refractivity contribution in [3.05, 3.63) is 47.0 Å². The van der Waals surface area contributed by atoms with Crippen LogP contribution in [0.5, 0.6) is 0 Å². The van der Waals surface area contributed by atoms with Crippen molar-refractivity contribution >= 4 is 52.0 Å². The standard InChI is InChI=1S/C32H44N8O14S/c1-38(2)5-3-4-33-28(51)17-6-15(9-39(17)30-25(48)23(46)21(44)19(10-41)53-30)36-29(52)18-7-14(35-27(50)16-12-55-32(37-16)34-13-43)8-40(18)31-26(49)24(47)22(45)20(11-42)54-31/h6-9,12-13,19-26,30-31,41-42,44-49H,3-5,10-11H2,1-2H3,(H,33,51)(H,35,50)(H,36,52)(H,34,37,43)/t19-,20-,21-,22-,23+,24+,25-,26-,30+,31+/m1/s1. The van der Waals surface area contributed by atoms with Crippen molar-refractivity contribution in [1.29, 1.82) is 0 Å². The van der Waals surface area contributed by atoms with Gasteiger partial charge in [-0.25, -0.2) is 4.98 Å². The highest BCUT2D eigenvalue weighted by molar-refractivity contribution is 7.14. The molecule has 2 saturated heterocycles. The maximum absolute atomic E-state index is 14.0. The number of hydrogen-bond acceptors (Lipinski definition) is 17. The molecule has 23 heteroatoms. The Balaban J connectivity index is 1.49. The Morgan fingerprint density at radius 1 is 0.800 bits per heavy atom. The molecule has 2 aliphatic rings. The number of ether oxygens (including phenoxy) is 2. The lowest BCUT2D eigenvalue weighted by atomic mass is 9.98. The number of amides is 4. The highest BCUT2D eigenvalue weighted by atomic mass is 32.1. The summed E-state index contributed by atoms with van der Waals surface area (Å²) in [5.41, 5.74) is -0.667. The molecule has 2 aliphatic heterocycles. The summed E-state index contributed by atoms with van der Waals surface area (Å²) in [7, 11) is 3.72. The largest absolute Gasteiger partial charge is 0.394 e. The molecule has 302 valence electrons. The first kappa shape index (κ1) is 41.8. The molecule has 0 unspecified atom stereocenters. The maximum Gasteiger partial charge on any atom is 0.275 e. The molecule has 0 radical (unpaired) electrons. The zero-order chi connectivity index (χ0) is 40.1. The zero-order valence-corrected chi connectivity index (χ0v) is 30.3. The van der Waals surface area contributed by atoms with Gasteiger partial charge in [-0.1, -0.05) is 0 Å². The van der Waals surface area contributed by atoms with Crippen LogP contribution in [0.15, 0.2) is 29.9 Å². The minimum absolute atomic E-state index is 0.0401. The second kappa shape index (κ2) is 18.1. The highest BCUT2D eigenvalue weighted by Crippen LogP contribution is 2.34. The molecular weight excluding hydrogens is 752 g/mol. The Morgan fingerprint density at radius 3 is 1.80 bits per heavy atom. The van der Waals surface area contributed by atoms with E-state index in [1.807, 2.05) is 19.0 Å². The molecule has 0 bridgehead atoms. The van der Waals surface area contributed by atoms with Gasteiger partial charge in [0, 0.05) is 24.3 Å². The first-order chi connectivity index (χ1) is 26.2. The normalized spacial score (nSPS) is 28.1. The maximum atomic E-state index is 14.0. The summed E-state index contributed by atoms with van der Waals surface area (Å²) in [6.07, 6.45) is -13.2. The summed E-state index contributed by atoms with van der Waals surface area (Å²) >= 11 is 0.969. The van der Waals surface area contributed by atoms with Gasteiger partial charge in [-0.15, -0.1) is 11.3 Å². The summed E-state index contributed by atoms with van der Waals surface area (Å²) in [5, 5.41) is 94.7. The number of aromatic nitrogens is 3. The lowest BCUT2D eigenvalue weighted by Crippen LogP contribution is -2.56. The minimum atomic E-state index is -1.86. The fraction of sp³-hybridized carbons (Fsp3) is 0.531. The van der Waals surface area contributed by atoms with Crippen LogP contribution in [0.3, 0.4) is 0 Å². The topological polar surface area (TPSA) is 323 Å². The summed E-state index contributed by atoms with van der Waals surface area (Å²) < 4.78 is 13.5. The third-order valence-electron chi connectivity index (χ3n) is 8.95. The van der Waals surface area contributed by atoms with Crippen molar-refractivity contribution in [3.8, 4) is 0 Å². The molecule has 22 nitrogen and oxygen atoms in total. The van der Waals surface area contributed by atoms with Gasteiger partial charge in [-0.05, 0) is 39.2 Å². The average molecular weight is 797 g/mol. The summed E-state index contributed by atoms with van der Waals surface area (Å²) in [6, 6.07) is 2.41. The molecule has 0 saturated carbocycles. The summed E-state index contributed by atoms with van der Waals surface area (Å²) in [5.74, 6) is -2.36. The number of aliphatic hydroxyl groups is 8. The molecule has 0 aliphatic carbocycles. The SMILES string of the molecule is CN(C)CCCNC(=O)c1cc(NC(=O)c2cc(NC(=O)c3csc(NC=O)n3)cn2[C@H]2O[C@H](CO)[C@@H](O)[C@H](O)[C@H]2O)cn1[C@H]1O[C@H](CO)[C@@H](O)[C@H](O)[C@H]1O. The summed E-state index contributed by atoms with van der Waals surface area (Å²) in [4.78, 5) is 57.2. The molecule has 55 heavy (non-hydrogen) atoms. The summed E-state index contributed by atoms with van der Waals surface area (Å²) in [6.45, 7) is -0.644. The van der Waals surface area contributed by atoms with Crippen molar-refractivity contribution in [1.82, 2.24) is 24.3 Å². The first-order valence-corrected chi connectivity index (χ1v) is 17.8. The minimum Gasteiger partial charge on any atom is -0.394 e. The monoisotopic (exact) mass is 796 g/mol. The van der Waals surface area contributed by atoms with E-state index < -0.39 is 92.2 Å². The Bertz CT molecular complexity index is 1810. The van der Waals surface area contributed by atoms with Gasteiger partial charge >= 0.3 is 0 Å². The number of aliphatic hydroxyl groups excluding tert-OH is 8. The van der Waals surface area contributed by atoms with Crippen LogP contribution < -0.4 is 21.3 Å². The first-order valence-electron chi connectivity index (χ1n) is 16.9. The highest BCUT2D eigenvalue weighted by Gasteiger charge is 2.46. The number of carbonyl (C=O) groups excluding carboxylic acids is 4. The van der Waals surface area contributed by atoms with Gasteiger partial charge < -0.3 is 85.6 Å². The molecule has 0 aromatic carbocycles. The number of nitrogens with zero attached hydrogens (tertiary/aromatic N) is 4. The number of thiazole rings is 1. The second-order valence-corrected chi connectivity index (χ2v) is 14.0. The van der Waals surface area contributed by atoms with E-state index in [4.69, 9.17) is 9.47 Å². The van der Waals surface area contributed by atoms with E-state index in [-0.39, 0.29) is 40.1 Å². The van der Waals surface area contributed by atoms with Gasteiger partial charge in [0.25, 0.3) is 17.7 Å². The predicted octanol–water partition coefficient (Wildman–Crippen LogP) is -3.55. The number of carbonyl (C=O) groups is 4. The van der Waals surface area contributed by atoms with Gasteiger partial charge in [0.15, 0.2) is 17.6 Å². The van der Waals surface area contributed by atoms with Gasteiger partial charge in [0.2, 0.25) is 6.41 Å². The van der Waals surface area contributed by atoms with Gasteiger partial charge in [0.1, 0.15) is 65.9 Å². The molecule has 5 rings (SSSR count). The van der Waals surface area contributed by atoms with E-state index >= 15 is 0 Å². The van der Waals surface area contributed by atoms with Crippen molar-refractivity contribution < 1.29 is 69.5 Å². The van der Waals surface area contributed by atoms with Crippen molar-refractivity contribution in [2.24, 2.45) is 0 Å². The molecular formula is C32H44N8O14S. The molecule has 0 spiro atoms. The smallest absolute Gasteiger partial charge is 0.275 e. The average Bonchev–Trinajstić information content (AvgIpc) is 3.91. The molecule has 3 aromatic heterocycles. The molecule has 2 fully saturated rings. The Kier molecular flexibility index (Phi) is 13.7. The van der Waals surface area contributed by atoms with Crippen LogP contribution in [-0.2, 0) is 14.3 Å². The van der Waals surface area contributed by atoms with E-state index in [0.717, 1.165) is 20.5 Å². The van der Waals surface area contributed by atoms with Crippen LogP contribution in [0, 0.1) is 0 Å². The number of rotatable bonds is 15. The third-order valence-corrected chi connectivity index (χ3v) is 9.72. The van der Waals surface area contributed by atoms with Crippen LogP contribution in [-0.4, -0.2) is 173 Å². The van der Waals surface area contributed by atoms with Crippen molar-refractivity contribution in [2.45, 2.75) is 67.7 Å². The Morgan fingerprint density at radius 2 is 1.31 bits per heavy atom. The van der Waals surface area contributed by atoms with Gasteiger partial charge in [-0.2, -0.15) is 0 Å². The second-order valence-electron chi connectivity index (χ2n) is 13.1. The fourth-order valence-electron chi connectivity index (χ4n) is 6.08. The van der Waals surface area contributed by atoms with E-state index in [2.05, 4.69) is 26.3 Å². The lowest BCUT2D eigenvalue weighted by Gasteiger charge is -2.41. The van der Waals surface area contributed by atoms with Crippen LogP contribution in [0.25, 0.3) is 0 Å². The van der Waals surface area contributed by atoms with Crippen molar-refractivity contribution in [3.63, 3.8) is 0 Å². The third kappa shape index (κ3) is 9.20. The quantitative estimate of drug-likeness (QED) is 0.0523. The van der Waals surface area contributed by atoms with Gasteiger partial charge in [-0.3, -0.25) is 19.2 Å². The molecule has 3 aromatic rings. The van der Waals surface area contributed by atoms with Crippen LogP contribution in [0.2, 0.25) is 0 Å². The number of nitrogens with one attached hydrogen (secondary N) is 4. The molecule has 4 amide bonds. The predicted molar refractivity (Wildman–Crippen MR) is 190 cm³/mol. The fourth-order valence-corrected chi connectivity index (χ4v) is 6.73. The zero-order valence-electron chi connectivity index (χ0n) is 29.5. The van der Waals surface area contributed by atoms with E-state index in [9.17, 15) is 60.0 Å². The number of anilines is 3. The van der Waals surface area contributed by atoms with Crippen LogP contribution in [0.4, 0.5) is 16.5 Å². The molecule has 12 N–H and O–H groups in total. The van der Waals surface area contributed by atoms with E-state index in [1.54, 1.807) is 0 Å². The van der Waals surface area contributed by atoms with Crippen LogP contribution >= 0.6 is 11.3 Å². The van der Waals surface area contributed by atoms with E-state index in [0.29, 0.717) is 19.4 Å². The van der Waals surface area contributed by atoms with Crippen molar-refractivity contribution in [2.75, 3.05) is 56.3 Å². The Hall–Kier alpha value is -4.37. The molecule has 10 atom stereocenters. The number of hydrogen-bond donors (Lipinski definition) is 12.